The number of para-hydroxylation sites is 1. The Hall–Kier alpha value is -4.09. The molecule has 1 atom stereocenters. The molecule has 1 heterocycles. The zero-order valence-electron chi connectivity index (χ0n) is 21.2. The second-order valence-corrected chi connectivity index (χ2v) is 9.54. The van der Waals surface area contributed by atoms with Crippen LogP contribution in [-0.4, -0.2) is 36.3 Å². The van der Waals surface area contributed by atoms with Crippen molar-refractivity contribution in [2.24, 2.45) is 0 Å². The van der Waals surface area contributed by atoms with Gasteiger partial charge in [-0.1, -0.05) is 98.8 Å². The molecule has 1 unspecified atom stereocenters. The first-order chi connectivity index (χ1) is 18.1. The number of aromatic nitrogens is 1. The van der Waals surface area contributed by atoms with Crippen LogP contribution in [0.5, 0.6) is 5.75 Å². The second-order valence-electron chi connectivity index (χ2n) is 9.54. The average molecular weight is 493 g/mol. The van der Waals surface area contributed by atoms with Crippen LogP contribution in [0.1, 0.15) is 30.9 Å². The monoisotopic (exact) mass is 492 g/mol. The van der Waals surface area contributed by atoms with E-state index < -0.39 is 12.0 Å². The lowest BCUT2D eigenvalue weighted by Gasteiger charge is -2.24. The van der Waals surface area contributed by atoms with Crippen molar-refractivity contribution >= 4 is 27.8 Å². The van der Waals surface area contributed by atoms with E-state index in [9.17, 15) is 4.79 Å². The van der Waals surface area contributed by atoms with Crippen molar-refractivity contribution in [2.45, 2.75) is 31.9 Å². The van der Waals surface area contributed by atoms with E-state index in [-0.39, 0.29) is 18.6 Å². The zero-order chi connectivity index (χ0) is 25.6. The first-order valence-corrected chi connectivity index (χ1v) is 12.8. The van der Waals surface area contributed by atoms with Crippen LogP contribution in [0.4, 0.5) is 0 Å². The number of hydrogen-bond donors (Lipinski definition) is 2. The number of fused-ring (bicyclic) bond motifs is 3. The Morgan fingerprint density at radius 3 is 2.08 bits per heavy atom. The highest BCUT2D eigenvalue weighted by molar-refractivity contribution is 6.10. The predicted octanol–water partition coefficient (Wildman–Crippen LogP) is 6.44. The summed E-state index contributed by atoms with van der Waals surface area (Å²) in [4.78, 5) is 17.1. The van der Waals surface area contributed by atoms with E-state index in [0.29, 0.717) is 6.54 Å². The van der Waals surface area contributed by atoms with Crippen LogP contribution in [0.3, 0.4) is 0 Å². The Morgan fingerprint density at radius 2 is 1.41 bits per heavy atom. The largest absolute Gasteiger partial charge is 0.489 e. The standard InChI is InChI=1S/C32H32N2O3/c1-22(2)33-20-25(21-36-29-19-11-18-28-31(29)26-16-9-10-17-27(26)34-28)37-32(35)30(23-12-5-3-6-13-23)24-14-7-4-8-15-24/h3-19,22,25,30,33-34H,20-21H2,1-2H3. The van der Waals surface area contributed by atoms with Crippen LogP contribution < -0.4 is 10.1 Å². The number of carbonyl (C=O) groups is 1. The lowest BCUT2D eigenvalue weighted by atomic mass is 9.91. The first-order valence-electron chi connectivity index (χ1n) is 12.8. The highest BCUT2D eigenvalue weighted by Gasteiger charge is 2.27. The van der Waals surface area contributed by atoms with E-state index in [1.54, 1.807) is 0 Å². The maximum atomic E-state index is 13.6. The number of nitrogens with one attached hydrogen (secondary N) is 2. The number of benzene rings is 4. The van der Waals surface area contributed by atoms with E-state index in [4.69, 9.17) is 9.47 Å². The van der Waals surface area contributed by atoms with E-state index in [1.165, 1.54) is 0 Å². The third kappa shape index (κ3) is 5.68. The third-order valence-corrected chi connectivity index (χ3v) is 6.45. The van der Waals surface area contributed by atoms with Crippen molar-refractivity contribution < 1.29 is 14.3 Å². The molecule has 0 amide bonds. The normalized spacial score (nSPS) is 12.3. The molecule has 188 valence electrons. The fourth-order valence-electron chi connectivity index (χ4n) is 4.66. The van der Waals surface area contributed by atoms with Crippen molar-refractivity contribution in [3.05, 3.63) is 114 Å². The summed E-state index contributed by atoms with van der Waals surface area (Å²) in [6.07, 6.45) is -0.467. The van der Waals surface area contributed by atoms with E-state index in [2.05, 4.69) is 36.3 Å². The molecular formula is C32H32N2O3. The maximum absolute atomic E-state index is 13.6. The summed E-state index contributed by atoms with van der Waals surface area (Å²) in [7, 11) is 0. The predicted molar refractivity (Wildman–Crippen MR) is 149 cm³/mol. The Balaban J connectivity index is 1.40. The summed E-state index contributed by atoms with van der Waals surface area (Å²) < 4.78 is 12.5. The quantitative estimate of drug-likeness (QED) is 0.220. The number of H-pyrrole nitrogens is 1. The van der Waals surface area contributed by atoms with Crippen molar-refractivity contribution in [3.8, 4) is 5.75 Å². The van der Waals surface area contributed by atoms with Gasteiger partial charge >= 0.3 is 5.97 Å². The summed E-state index contributed by atoms with van der Waals surface area (Å²) >= 11 is 0. The fourth-order valence-corrected chi connectivity index (χ4v) is 4.66. The van der Waals surface area contributed by atoms with Gasteiger partial charge in [0, 0.05) is 28.9 Å². The molecule has 1 aromatic heterocycles. The summed E-state index contributed by atoms with van der Waals surface area (Å²) in [6.45, 7) is 4.87. The molecule has 0 radical (unpaired) electrons. The van der Waals surface area contributed by atoms with Gasteiger partial charge in [-0.15, -0.1) is 0 Å². The SMILES string of the molecule is CC(C)NCC(COc1cccc2[nH]c3ccccc3c12)OC(=O)C(c1ccccc1)c1ccccc1. The molecule has 5 aromatic rings. The molecular weight excluding hydrogens is 460 g/mol. The number of hydrogen-bond acceptors (Lipinski definition) is 4. The molecule has 2 N–H and O–H groups in total. The van der Waals surface area contributed by atoms with Gasteiger partial charge in [-0.05, 0) is 29.3 Å². The van der Waals surface area contributed by atoms with E-state index in [1.807, 2.05) is 91.0 Å². The minimum absolute atomic E-state index is 0.236. The van der Waals surface area contributed by atoms with Crippen molar-refractivity contribution in [3.63, 3.8) is 0 Å². The minimum Gasteiger partial charge on any atom is -0.489 e. The second kappa shape index (κ2) is 11.3. The Labute approximate surface area is 217 Å². The Morgan fingerprint density at radius 1 is 0.784 bits per heavy atom. The summed E-state index contributed by atoms with van der Waals surface area (Å²) in [5.41, 5.74) is 3.88. The van der Waals surface area contributed by atoms with Gasteiger partial charge in [-0.25, -0.2) is 0 Å². The summed E-state index contributed by atoms with van der Waals surface area (Å²) in [5.74, 6) is -0.0360. The smallest absolute Gasteiger partial charge is 0.318 e. The molecule has 0 aliphatic carbocycles. The molecule has 0 saturated carbocycles. The Kier molecular flexibility index (Phi) is 7.52. The molecule has 37 heavy (non-hydrogen) atoms. The van der Waals surface area contributed by atoms with Crippen LogP contribution in [0.25, 0.3) is 21.8 Å². The maximum Gasteiger partial charge on any atom is 0.318 e. The topological polar surface area (TPSA) is 63.4 Å². The van der Waals surface area contributed by atoms with Gasteiger partial charge in [0.2, 0.25) is 0 Å². The van der Waals surface area contributed by atoms with Gasteiger partial charge in [-0.2, -0.15) is 0 Å². The average Bonchev–Trinajstić information content (AvgIpc) is 3.31. The van der Waals surface area contributed by atoms with Crippen LogP contribution in [0, 0.1) is 0 Å². The lowest BCUT2D eigenvalue weighted by Crippen LogP contribution is -2.39. The molecule has 0 bridgehead atoms. The van der Waals surface area contributed by atoms with Crippen LogP contribution in [0.2, 0.25) is 0 Å². The van der Waals surface area contributed by atoms with Crippen molar-refractivity contribution in [1.82, 2.24) is 10.3 Å². The van der Waals surface area contributed by atoms with Crippen molar-refractivity contribution in [1.29, 1.82) is 0 Å². The van der Waals surface area contributed by atoms with E-state index in [0.717, 1.165) is 38.7 Å². The number of esters is 1. The number of ether oxygens (including phenoxy) is 2. The number of carbonyl (C=O) groups excluding carboxylic acids is 1. The minimum atomic E-state index is -0.513. The highest BCUT2D eigenvalue weighted by Crippen LogP contribution is 2.33. The Bertz CT molecular complexity index is 1420. The molecule has 5 nitrogen and oxygen atoms in total. The number of aromatic amines is 1. The van der Waals surface area contributed by atoms with Gasteiger partial charge in [-0.3, -0.25) is 4.79 Å². The summed E-state index contributed by atoms with van der Waals surface area (Å²) in [5, 5.41) is 5.54. The van der Waals surface area contributed by atoms with Gasteiger partial charge in [0.05, 0.1) is 5.52 Å². The lowest BCUT2D eigenvalue weighted by molar-refractivity contribution is -0.151. The molecule has 0 spiro atoms. The fraction of sp³-hybridized carbons (Fsp3) is 0.219. The van der Waals surface area contributed by atoms with Gasteiger partial charge in [0.25, 0.3) is 0 Å². The zero-order valence-corrected chi connectivity index (χ0v) is 21.2. The molecule has 0 aliphatic heterocycles. The number of rotatable bonds is 10. The summed E-state index contributed by atoms with van der Waals surface area (Å²) in [6, 6.07) is 34.0. The van der Waals surface area contributed by atoms with Gasteiger partial charge < -0.3 is 19.8 Å². The molecule has 0 saturated heterocycles. The highest BCUT2D eigenvalue weighted by atomic mass is 16.6. The van der Waals surface area contributed by atoms with Crippen LogP contribution in [-0.2, 0) is 9.53 Å². The molecule has 0 fully saturated rings. The first kappa shape index (κ1) is 24.6. The van der Waals surface area contributed by atoms with E-state index >= 15 is 0 Å². The third-order valence-electron chi connectivity index (χ3n) is 6.45. The van der Waals surface area contributed by atoms with Crippen molar-refractivity contribution in [2.75, 3.05) is 13.2 Å². The van der Waals surface area contributed by atoms with Crippen LogP contribution in [0.15, 0.2) is 103 Å². The van der Waals surface area contributed by atoms with Crippen LogP contribution >= 0.6 is 0 Å². The molecule has 4 aromatic carbocycles. The van der Waals surface area contributed by atoms with Gasteiger partial charge in [0.1, 0.15) is 24.4 Å². The molecule has 0 aliphatic rings. The van der Waals surface area contributed by atoms with Gasteiger partial charge in [0.15, 0.2) is 0 Å². The molecule has 5 heteroatoms. The molecule has 5 rings (SSSR count).